The molecular formula is C9H11BO3. The summed E-state index contributed by atoms with van der Waals surface area (Å²) in [5.74, 6) is 0.753. The van der Waals surface area contributed by atoms with Crippen molar-refractivity contribution in [3.05, 3.63) is 29.8 Å². The molecule has 68 valence electrons. The molecule has 1 aromatic rings. The van der Waals surface area contributed by atoms with E-state index in [9.17, 15) is 5.02 Å². The Labute approximate surface area is 77.4 Å². The third-order valence-corrected chi connectivity index (χ3v) is 2.26. The summed E-state index contributed by atoms with van der Waals surface area (Å²) in [7, 11) is 0.727. The van der Waals surface area contributed by atoms with Crippen molar-refractivity contribution in [1.29, 1.82) is 0 Å². The largest absolute Gasteiger partial charge is 0.554 e. The molecule has 0 amide bonds. The average Bonchev–Trinajstić information content (AvgIpc) is 2.17. The van der Waals surface area contributed by atoms with Crippen LogP contribution in [-0.4, -0.2) is 25.3 Å². The van der Waals surface area contributed by atoms with E-state index in [1.807, 2.05) is 24.3 Å². The van der Waals surface area contributed by atoms with E-state index < -0.39 is 7.12 Å². The lowest BCUT2D eigenvalue weighted by atomic mass is 9.75. The van der Waals surface area contributed by atoms with Gasteiger partial charge in [-0.05, 0) is 11.6 Å². The summed E-state index contributed by atoms with van der Waals surface area (Å²) in [4.78, 5) is 0. The van der Waals surface area contributed by atoms with Crippen molar-refractivity contribution in [2.45, 2.75) is 12.4 Å². The lowest BCUT2D eigenvalue weighted by molar-refractivity contribution is 0.125. The first-order chi connectivity index (χ1) is 6.31. The molecule has 0 radical (unpaired) electrons. The van der Waals surface area contributed by atoms with Gasteiger partial charge in [-0.2, -0.15) is 0 Å². The molecule has 0 aliphatic carbocycles. The van der Waals surface area contributed by atoms with Crippen LogP contribution in [0.15, 0.2) is 24.3 Å². The van der Waals surface area contributed by atoms with Gasteiger partial charge >= 0.3 is 7.12 Å². The Kier molecular flexibility index (Phi) is 2.25. The number of methoxy groups -OCH3 is 1. The summed E-state index contributed by atoms with van der Waals surface area (Å²) in [6.45, 7) is 0. The molecule has 0 bridgehead atoms. The number of ether oxygens (including phenoxy) is 1. The van der Waals surface area contributed by atoms with E-state index in [4.69, 9.17) is 9.39 Å². The highest BCUT2D eigenvalue weighted by molar-refractivity contribution is 6.46. The third kappa shape index (κ3) is 1.55. The Hall–Kier alpha value is -0.995. The van der Waals surface area contributed by atoms with Gasteiger partial charge in [0.2, 0.25) is 0 Å². The van der Waals surface area contributed by atoms with Crippen molar-refractivity contribution in [1.82, 2.24) is 0 Å². The van der Waals surface area contributed by atoms with E-state index in [0.29, 0.717) is 6.42 Å². The standard InChI is InChI=1S/C9H11BO3/c1-12-9-6-7-4-2-3-5-8(7)13-10(9)11/h2-5,9,11H,6H2,1H3/t9-/m0/s1. The Balaban J connectivity index is 2.27. The van der Waals surface area contributed by atoms with Gasteiger partial charge in [0.05, 0.1) is 0 Å². The normalized spacial score (nSPS) is 20.8. The number of rotatable bonds is 1. The molecule has 1 heterocycles. The minimum absolute atomic E-state index is 0.255. The van der Waals surface area contributed by atoms with E-state index in [1.54, 1.807) is 7.11 Å². The summed E-state index contributed by atoms with van der Waals surface area (Å²) in [5, 5.41) is 9.47. The molecule has 1 aliphatic rings. The van der Waals surface area contributed by atoms with E-state index >= 15 is 0 Å². The van der Waals surface area contributed by atoms with Crippen molar-refractivity contribution in [3.8, 4) is 5.75 Å². The van der Waals surface area contributed by atoms with Crippen LogP contribution in [0, 0.1) is 0 Å². The monoisotopic (exact) mass is 178 g/mol. The predicted octanol–water partition coefficient (Wildman–Crippen LogP) is 0.656. The van der Waals surface area contributed by atoms with Crippen molar-refractivity contribution < 1.29 is 14.4 Å². The fraction of sp³-hybridized carbons (Fsp3) is 0.333. The van der Waals surface area contributed by atoms with Crippen LogP contribution < -0.4 is 4.65 Å². The fourth-order valence-electron chi connectivity index (χ4n) is 1.51. The number of hydrogen-bond donors (Lipinski definition) is 1. The van der Waals surface area contributed by atoms with Crippen LogP contribution in [-0.2, 0) is 11.2 Å². The Morgan fingerprint density at radius 3 is 3.08 bits per heavy atom. The fourth-order valence-corrected chi connectivity index (χ4v) is 1.51. The summed E-state index contributed by atoms with van der Waals surface area (Å²) < 4.78 is 10.4. The van der Waals surface area contributed by atoms with Crippen molar-refractivity contribution >= 4 is 7.12 Å². The summed E-state index contributed by atoms with van der Waals surface area (Å²) in [6.07, 6.45) is 0.702. The molecular weight excluding hydrogens is 167 g/mol. The second-order valence-electron chi connectivity index (χ2n) is 3.09. The smallest absolute Gasteiger partial charge is 0.534 e. The van der Waals surface area contributed by atoms with Crippen LogP contribution in [0.2, 0.25) is 0 Å². The Morgan fingerprint density at radius 2 is 2.31 bits per heavy atom. The predicted molar refractivity (Wildman–Crippen MR) is 49.5 cm³/mol. The minimum Gasteiger partial charge on any atom is -0.534 e. The highest BCUT2D eigenvalue weighted by Crippen LogP contribution is 2.25. The number of benzene rings is 1. The summed E-state index contributed by atoms with van der Waals surface area (Å²) >= 11 is 0. The van der Waals surface area contributed by atoms with E-state index in [-0.39, 0.29) is 6.00 Å². The highest BCUT2D eigenvalue weighted by Gasteiger charge is 2.34. The lowest BCUT2D eigenvalue weighted by Gasteiger charge is -2.25. The quantitative estimate of drug-likeness (QED) is 0.641. The maximum atomic E-state index is 9.47. The molecule has 0 unspecified atom stereocenters. The molecule has 0 spiro atoms. The van der Waals surface area contributed by atoms with Crippen LogP contribution in [0.1, 0.15) is 5.56 Å². The Bertz CT molecular complexity index is 303. The maximum absolute atomic E-state index is 9.47. The number of para-hydroxylation sites is 1. The van der Waals surface area contributed by atoms with Gasteiger partial charge in [-0.15, -0.1) is 0 Å². The first-order valence-corrected chi connectivity index (χ1v) is 4.26. The van der Waals surface area contributed by atoms with Gasteiger partial charge in [-0.25, -0.2) is 0 Å². The van der Waals surface area contributed by atoms with Crippen LogP contribution in [0.4, 0.5) is 0 Å². The van der Waals surface area contributed by atoms with Gasteiger partial charge < -0.3 is 14.4 Å². The van der Waals surface area contributed by atoms with Crippen molar-refractivity contribution in [2.24, 2.45) is 0 Å². The summed E-state index contributed by atoms with van der Waals surface area (Å²) in [6, 6.07) is 7.41. The lowest BCUT2D eigenvalue weighted by Crippen LogP contribution is -2.43. The molecule has 0 saturated heterocycles. The molecule has 1 N–H and O–H groups in total. The Morgan fingerprint density at radius 1 is 1.54 bits per heavy atom. The van der Waals surface area contributed by atoms with Gasteiger partial charge in [0.1, 0.15) is 11.8 Å². The van der Waals surface area contributed by atoms with Gasteiger partial charge in [0.15, 0.2) is 0 Å². The zero-order chi connectivity index (χ0) is 9.26. The second kappa shape index (κ2) is 3.40. The molecule has 2 rings (SSSR count). The molecule has 1 aromatic carbocycles. The summed E-state index contributed by atoms with van der Waals surface area (Å²) in [5.41, 5.74) is 1.08. The number of fused-ring (bicyclic) bond motifs is 1. The molecule has 1 atom stereocenters. The van der Waals surface area contributed by atoms with Crippen molar-refractivity contribution in [3.63, 3.8) is 0 Å². The van der Waals surface area contributed by atoms with E-state index in [1.165, 1.54) is 0 Å². The van der Waals surface area contributed by atoms with Crippen LogP contribution in [0.25, 0.3) is 0 Å². The van der Waals surface area contributed by atoms with E-state index in [0.717, 1.165) is 11.3 Å². The zero-order valence-corrected chi connectivity index (χ0v) is 7.43. The minimum atomic E-state index is -0.847. The topological polar surface area (TPSA) is 38.7 Å². The third-order valence-electron chi connectivity index (χ3n) is 2.26. The van der Waals surface area contributed by atoms with Crippen LogP contribution >= 0.6 is 0 Å². The first kappa shape index (κ1) is 8.60. The van der Waals surface area contributed by atoms with Gasteiger partial charge in [-0.3, -0.25) is 0 Å². The van der Waals surface area contributed by atoms with Gasteiger partial charge in [0, 0.05) is 13.5 Å². The van der Waals surface area contributed by atoms with Gasteiger partial charge in [-0.1, -0.05) is 18.2 Å². The SMILES string of the molecule is CO[C@H]1Cc2ccccc2OB1O. The first-order valence-electron chi connectivity index (χ1n) is 4.26. The number of hydrogen-bond acceptors (Lipinski definition) is 3. The van der Waals surface area contributed by atoms with Gasteiger partial charge in [0.25, 0.3) is 0 Å². The zero-order valence-electron chi connectivity index (χ0n) is 7.43. The molecule has 1 aliphatic heterocycles. The highest BCUT2D eigenvalue weighted by atomic mass is 16.6. The van der Waals surface area contributed by atoms with E-state index in [2.05, 4.69) is 0 Å². The molecule has 0 saturated carbocycles. The molecule has 3 nitrogen and oxygen atoms in total. The van der Waals surface area contributed by atoms with Crippen LogP contribution in [0.5, 0.6) is 5.75 Å². The van der Waals surface area contributed by atoms with Crippen molar-refractivity contribution in [2.75, 3.05) is 7.11 Å². The molecule has 4 heteroatoms. The maximum Gasteiger partial charge on any atom is 0.554 e. The molecule has 0 aromatic heterocycles. The molecule has 0 fully saturated rings. The molecule has 13 heavy (non-hydrogen) atoms. The van der Waals surface area contributed by atoms with Crippen LogP contribution in [0.3, 0.4) is 0 Å². The second-order valence-corrected chi connectivity index (χ2v) is 3.09. The average molecular weight is 178 g/mol.